The van der Waals surface area contributed by atoms with Crippen molar-refractivity contribution >= 4 is 41.1 Å². The van der Waals surface area contributed by atoms with E-state index in [2.05, 4.69) is 10.6 Å². The van der Waals surface area contributed by atoms with E-state index in [0.29, 0.717) is 33.9 Å². The first kappa shape index (κ1) is 25.2. The molecule has 0 aliphatic rings. The van der Waals surface area contributed by atoms with Crippen LogP contribution in [0.25, 0.3) is 6.08 Å². The van der Waals surface area contributed by atoms with Gasteiger partial charge in [-0.15, -0.1) is 0 Å². The summed E-state index contributed by atoms with van der Waals surface area (Å²) < 4.78 is 7.20. The monoisotopic (exact) mass is 459 g/mol. The Balaban J connectivity index is 2.30. The highest BCUT2D eigenvalue weighted by molar-refractivity contribution is 6.34. The Hall–Kier alpha value is -3.06. The zero-order chi connectivity index (χ0) is 24.0. The smallest absolute Gasteiger partial charge is 0.340 e. The number of nitrogens with one attached hydrogen (secondary N) is 2. The van der Waals surface area contributed by atoms with Crippen molar-refractivity contribution in [1.29, 1.82) is 0 Å². The summed E-state index contributed by atoms with van der Waals surface area (Å²) in [6, 6.07) is 4.66. The highest BCUT2D eigenvalue weighted by Crippen LogP contribution is 2.26. The molecule has 8 heteroatoms. The van der Waals surface area contributed by atoms with Crippen molar-refractivity contribution in [2.45, 2.75) is 54.1 Å². The second-order valence-electron chi connectivity index (χ2n) is 7.57. The Morgan fingerprint density at radius 1 is 1.16 bits per heavy atom. The van der Waals surface area contributed by atoms with Crippen molar-refractivity contribution in [3.05, 3.63) is 57.4 Å². The number of hydrogen-bond acceptors (Lipinski definition) is 4. The van der Waals surface area contributed by atoms with E-state index in [4.69, 9.17) is 16.3 Å². The fourth-order valence-corrected chi connectivity index (χ4v) is 3.65. The summed E-state index contributed by atoms with van der Waals surface area (Å²) in [5.41, 5.74) is 3.44. The van der Waals surface area contributed by atoms with E-state index >= 15 is 0 Å². The number of anilines is 1. The summed E-state index contributed by atoms with van der Waals surface area (Å²) in [5.74, 6) is -1.12. The summed E-state index contributed by atoms with van der Waals surface area (Å²) in [4.78, 5) is 37.3. The van der Waals surface area contributed by atoms with Crippen LogP contribution in [0.5, 0.6) is 0 Å². The van der Waals surface area contributed by atoms with Crippen molar-refractivity contribution in [3.8, 4) is 0 Å². The Labute approximate surface area is 193 Å². The number of halogens is 1. The maximum atomic E-state index is 12.6. The molecule has 0 fully saturated rings. The number of esters is 1. The lowest BCUT2D eigenvalue weighted by atomic mass is 10.1. The van der Waals surface area contributed by atoms with E-state index in [1.807, 2.05) is 39.2 Å². The van der Waals surface area contributed by atoms with Crippen molar-refractivity contribution in [2.24, 2.45) is 0 Å². The standard InChI is InChI=1S/C24H30ClN3O4/c1-7-28-15(5)18(22(16(28)6)24(31)32-8-2)10-12-21(29)27-20-13-17(9-11-19(20)25)23(30)26-14(3)4/h9-14H,7-8H2,1-6H3,(H,26,30)(H,27,29)/b12-10+. The van der Waals surface area contributed by atoms with Crippen molar-refractivity contribution < 1.29 is 19.1 Å². The van der Waals surface area contributed by atoms with Gasteiger partial charge in [0.2, 0.25) is 5.91 Å². The van der Waals surface area contributed by atoms with Gasteiger partial charge in [0, 0.05) is 41.2 Å². The third kappa shape index (κ3) is 5.79. The van der Waals surface area contributed by atoms with Crippen LogP contribution in [0.4, 0.5) is 5.69 Å². The molecule has 0 spiro atoms. The van der Waals surface area contributed by atoms with E-state index in [-0.39, 0.29) is 18.6 Å². The number of amides is 2. The van der Waals surface area contributed by atoms with Crippen LogP contribution in [-0.4, -0.2) is 35.0 Å². The summed E-state index contributed by atoms with van der Waals surface area (Å²) in [6.45, 7) is 12.2. The molecule has 0 bridgehead atoms. The predicted octanol–water partition coefficient (Wildman–Crippen LogP) is 4.75. The largest absolute Gasteiger partial charge is 0.462 e. The summed E-state index contributed by atoms with van der Waals surface area (Å²) in [5, 5.41) is 5.80. The number of aromatic nitrogens is 1. The molecule has 0 aliphatic carbocycles. The van der Waals surface area contributed by atoms with Gasteiger partial charge in [-0.25, -0.2) is 4.79 Å². The van der Waals surface area contributed by atoms with Gasteiger partial charge in [-0.3, -0.25) is 9.59 Å². The van der Waals surface area contributed by atoms with E-state index in [0.717, 1.165) is 11.4 Å². The maximum Gasteiger partial charge on any atom is 0.340 e. The highest BCUT2D eigenvalue weighted by atomic mass is 35.5. The molecule has 0 radical (unpaired) electrons. The molecule has 0 unspecified atom stereocenters. The van der Waals surface area contributed by atoms with Crippen LogP contribution < -0.4 is 10.6 Å². The molecule has 0 saturated heterocycles. The summed E-state index contributed by atoms with van der Waals surface area (Å²) >= 11 is 6.20. The average molecular weight is 460 g/mol. The minimum atomic E-state index is -0.440. The number of rotatable bonds is 8. The van der Waals surface area contributed by atoms with E-state index in [9.17, 15) is 14.4 Å². The van der Waals surface area contributed by atoms with Gasteiger partial charge >= 0.3 is 5.97 Å². The topological polar surface area (TPSA) is 89.4 Å². The van der Waals surface area contributed by atoms with Crippen LogP contribution in [0.2, 0.25) is 5.02 Å². The van der Waals surface area contributed by atoms with E-state index in [1.54, 1.807) is 25.1 Å². The Kier molecular flexibility index (Phi) is 8.66. The van der Waals surface area contributed by atoms with Gasteiger partial charge in [0.05, 0.1) is 22.9 Å². The molecule has 2 rings (SSSR count). The number of carbonyl (C=O) groups is 3. The quantitative estimate of drug-likeness (QED) is 0.440. The molecule has 0 saturated carbocycles. The third-order valence-corrected chi connectivity index (χ3v) is 5.26. The van der Waals surface area contributed by atoms with Crippen LogP contribution in [0.15, 0.2) is 24.3 Å². The number of carbonyl (C=O) groups excluding carboxylic acids is 3. The zero-order valence-corrected chi connectivity index (χ0v) is 20.1. The van der Waals surface area contributed by atoms with Crippen LogP contribution in [0.1, 0.15) is 65.4 Å². The molecule has 1 aromatic carbocycles. The molecule has 7 nitrogen and oxygen atoms in total. The van der Waals surface area contributed by atoms with Crippen molar-refractivity contribution in [2.75, 3.05) is 11.9 Å². The van der Waals surface area contributed by atoms with Gasteiger partial charge in [0.1, 0.15) is 0 Å². The lowest BCUT2D eigenvalue weighted by Crippen LogP contribution is -2.30. The average Bonchev–Trinajstić information content (AvgIpc) is 2.96. The molecule has 172 valence electrons. The van der Waals surface area contributed by atoms with Gasteiger partial charge in [0.15, 0.2) is 0 Å². The molecule has 32 heavy (non-hydrogen) atoms. The number of benzene rings is 1. The van der Waals surface area contributed by atoms with Crippen LogP contribution in [0, 0.1) is 13.8 Å². The van der Waals surface area contributed by atoms with Gasteiger partial charge in [-0.05, 0) is 65.8 Å². The van der Waals surface area contributed by atoms with Crippen LogP contribution in [-0.2, 0) is 16.1 Å². The normalized spacial score (nSPS) is 11.1. The van der Waals surface area contributed by atoms with Crippen molar-refractivity contribution in [1.82, 2.24) is 9.88 Å². The molecule has 0 aliphatic heterocycles. The fraction of sp³-hybridized carbons (Fsp3) is 0.375. The highest BCUT2D eigenvalue weighted by Gasteiger charge is 2.22. The summed E-state index contributed by atoms with van der Waals surface area (Å²) in [6.07, 6.45) is 2.93. The fourth-order valence-electron chi connectivity index (χ4n) is 3.49. The molecule has 2 N–H and O–H groups in total. The second-order valence-corrected chi connectivity index (χ2v) is 7.98. The second kappa shape index (κ2) is 11.0. The third-order valence-electron chi connectivity index (χ3n) is 4.93. The number of hydrogen-bond donors (Lipinski definition) is 2. The predicted molar refractivity (Wildman–Crippen MR) is 127 cm³/mol. The number of nitrogens with zero attached hydrogens (tertiary/aromatic N) is 1. The van der Waals surface area contributed by atoms with E-state index < -0.39 is 11.9 Å². The first-order valence-electron chi connectivity index (χ1n) is 10.6. The lowest BCUT2D eigenvalue weighted by Gasteiger charge is -2.11. The Morgan fingerprint density at radius 3 is 2.44 bits per heavy atom. The minimum absolute atomic E-state index is 0.0186. The zero-order valence-electron chi connectivity index (χ0n) is 19.3. The molecule has 1 heterocycles. The van der Waals surface area contributed by atoms with Crippen LogP contribution >= 0.6 is 11.6 Å². The van der Waals surface area contributed by atoms with Crippen LogP contribution in [0.3, 0.4) is 0 Å². The van der Waals surface area contributed by atoms with Gasteiger partial charge in [-0.1, -0.05) is 11.6 Å². The molecule has 2 amide bonds. The first-order chi connectivity index (χ1) is 15.1. The number of ether oxygens (including phenoxy) is 1. The lowest BCUT2D eigenvalue weighted by molar-refractivity contribution is -0.111. The maximum absolute atomic E-state index is 12.6. The molecular formula is C24H30ClN3O4. The van der Waals surface area contributed by atoms with Crippen molar-refractivity contribution in [3.63, 3.8) is 0 Å². The Bertz CT molecular complexity index is 1050. The van der Waals surface area contributed by atoms with Gasteiger partial charge < -0.3 is 19.9 Å². The van der Waals surface area contributed by atoms with Gasteiger partial charge in [0.25, 0.3) is 5.91 Å². The SMILES string of the molecule is CCOC(=O)c1c(/C=C/C(=O)Nc2cc(C(=O)NC(C)C)ccc2Cl)c(C)n(CC)c1C. The minimum Gasteiger partial charge on any atom is -0.462 e. The van der Waals surface area contributed by atoms with Gasteiger partial charge in [-0.2, -0.15) is 0 Å². The molecular weight excluding hydrogens is 430 g/mol. The molecule has 0 atom stereocenters. The molecule has 2 aromatic rings. The first-order valence-corrected chi connectivity index (χ1v) is 10.9. The van der Waals surface area contributed by atoms with E-state index in [1.165, 1.54) is 12.1 Å². The Morgan fingerprint density at radius 2 is 1.84 bits per heavy atom. The summed E-state index contributed by atoms with van der Waals surface area (Å²) in [7, 11) is 0. The molecule has 1 aromatic heterocycles.